The predicted octanol–water partition coefficient (Wildman–Crippen LogP) is 2.33. The van der Waals surface area contributed by atoms with Crippen LogP contribution in [-0.4, -0.2) is 112 Å². The fraction of sp³-hybridized carbons (Fsp3) is 0.485. The van der Waals surface area contributed by atoms with E-state index < -0.39 is 6.04 Å². The molecule has 0 bridgehead atoms. The van der Waals surface area contributed by atoms with Crippen molar-refractivity contribution in [1.82, 2.24) is 9.80 Å². The lowest BCUT2D eigenvalue weighted by Gasteiger charge is -2.23. The van der Waals surface area contributed by atoms with E-state index in [0.29, 0.717) is 66.8 Å². The second-order valence-electron chi connectivity index (χ2n) is 12.1. The lowest BCUT2D eigenvalue weighted by molar-refractivity contribution is -0.122. The largest absolute Gasteiger partial charge is 0.493 e. The minimum atomic E-state index is -0.797. The molecular weight excluding hydrogens is 596 g/mol. The van der Waals surface area contributed by atoms with Gasteiger partial charge in [-0.05, 0) is 31.4 Å². The number of carbonyl (C=O) groups is 5. The summed E-state index contributed by atoms with van der Waals surface area (Å²) in [5.74, 6) is 0.859. The molecule has 2 aromatic rings. The van der Waals surface area contributed by atoms with E-state index in [-0.39, 0.29) is 60.4 Å². The Morgan fingerprint density at radius 3 is 1.85 bits per heavy atom. The number of hydrogen-bond donors (Lipinski definition) is 0. The summed E-state index contributed by atoms with van der Waals surface area (Å²) in [5, 5.41) is 0. The van der Waals surface area contributed by atoms with Crippen LogP contribution in [0.4, 0.5) is 11.4 Å². The van der Waals surface area contributed by atoms with Gasteiger partial charge in [-0.1, -0.05) is 0 Å². The number of nitrogens with zero attached hydrogens (tertiary/aromatic N) is 4. The van der Waals surface area contributed by atoms with Crippen LogP contribution in [0.3, 0.4) is 0 Å². The third kappa shape index (κ3) is 5.58. The van der Waals surface area contributed by atoms with Gasteiger partial charge in [-0.25, -0.2) is 0 Å². The van der Waals surface area contributed by atoms with E-state index in [2.05, 4.69) is 0 Å². The molecule has 0 radical (unpaired) electrons. The lowest BCUT2D eigenvalue weighted by atomic mass is 10.1. The smallest absolute Gasteiger partial charge is 0.257 e. The minimum Gasteiger partial charge on any atom is -0.493 e. The number of rotatable bonds is 10. The zero-order valence-corrected chi connectivity index (χ0v) is 26.5. The number of ketones is 2. The van der Waals surface area contributed by atoms with Crippen LogP contribution < -0.4 is 28.7 Å². The number of Topliss-reactive ketones (excluding diaryl/α,β-unsaturated/α-hetero) is 2. The molecule has 46 heavy (non-hydrogen) atoms. The fourth-order valence-corrected chi connectivity index (χ4v) is 6.67. The number of fused-ring (bicyclic) bond motifs is 4. The average Bonchev–Trinajstić information content (AvgIpc) is 3.59. The van der Waals surface area contributed by atoms with Gasteiger partial charge < -0.3 is 38.5 Å². The predicted molar refractivity (Wildman–Crippen MR) is 166 cm³/mol. The zero-order chi connectivity index (χ0) is 32.7. The standard InChI is InChI=1S/C33H38N4O9/c1-34-16-19-10-20(38)17-36(19)31(40)22-12-27(43-3)29(14-24(22)34)45-8-6-5-7-9-46-30-15-25-23(13-28(30)44-4)32(41)37-18-21(39)11-26(37)33(42)35(25)2/h12-15,19,26H,5-11,16-18H2,1-4H3. The van der Waals surface area contributed by atoms with E-state index in [0.717, 1.165) is 18.5 Å². The van der Waals surface area contributed by atoms with Crippen molar-refractivity contribution in [3.05, 3.63) is 35.4 Å². The van der Waals surface area contributed by atoms with Crippen molar-refractivity contribution in [2.75, 3.05) is 71.0 Å². The second-order valence-corrected chi connectivity index (χ2v) is 12.1. The van der Waals surface area contributed by atoms with E-state index >= 15 is 0 Å². The summed E-state index contributed by atoms with van der Waals surface area (Å²) in [5.41, 5.74) is 1.93. The van der Waals surface area contributed by atoms with E-state index in [9.17, 15) is 24.0 Å². The van der Waals surface area contributed by atoms with Gasteiger partial charge >= 0.3 is 0 Å². The van der Waals surface area contributed by atoms with Gasteiger partial charge in [-0.3, -0.25) is 24.0 Å². The Morgan fingerprint density at radius 2 is 1.22 bits per heavy atom. The van der Waals surface area contributed by atoms with Gasteiger partial charge in [0.25, 0.3) is 11.8 Å². The highest BCUT2D eigenvalue weighted by Crippen LogP contribution is 2.40. The summed E-state index contributed by atoms with van der Waals surface area (Å²) >= 11 is 0. The minimum absolute atomic E-state index is 0.0193. The van der Waals surface area contributed by atoms with E-state index in [1.165, 1.54) is 24.0 Å². The van der Waals surface area contributed by atoms with Gasteiger partial charge in [0.2, 0.25) is 5.91 Å². The van der Waals surface area contributed by atoms with Gasteiger partial charge in [-0.2, -0.15) is 0 Å². The van der Waals surface area contributed by atoms with Crippen LogP contribution in [0, 0.1) is 0 Å². The summed E-state index contributed by atoms with van der Waals surface area (Å²) in [6, 6.07) is 5.80. The summed E-state index contributed by atoms with van der Waals surface area (Å²) in [7, 11) is 6.52. The van der Waals surface area contributed by atoms with Gasteiger partial charge in [0.15, 0.2) is 34.6 Å². The Morgan fingerprint density at radius 1 is 0.674 bits per heavy atom. The van der Waals surface area contributed by atoms with E-state index in [4.69, 9.17) is 18.9 Å². The monoisotopic (exact) mass is 634 g/mol. The topological polar surface area (TPSA) is 135 Å². The summed E-state index contributed by atoms with van der Waals surface area (Å²) < 4.78 is 23.2. The van der Waals surface area contributed by atoms with Crippen molar-refractivity contribution in [2.24, 2.45) is 0 Å². The summed E-state index contributed by atoms with van der Waals surface area (Å²) in [6.45, 7) is 1.42. The van der Waals surface area contributed by atoms with Crippen LogP contribution in [0.5, 0.6) is 23.0 Å². The fourth-order valence-electron chi connectivity index (χ4n) is 6.67. The van der Waals surface area contributed by atoms with Gasteiger partial charge in [0.1, 0.15) is 6.04 Å². The van der Waals surface area contributed by atoms with Crippen molar-refractivity contribution in [1.29, 1.82) is 0 Å². The first-order chi connectivity index (χ1) is 22.1. The van der Waals surface area contributed by atoms with Gasteiger partial charge in [0, 0.05) is 45.6 Å². The summed E-state index contributed by atoms with van der Waals surface area (Å²) in [4.78, 5) is 70.0. The number of hydrogen-bond acceptors (Lipinski definition) is 10. The molecule has 0 spiro atoms. The molecule has 2 atom stereocenters. The number of methoxy groups -OCH3 is 2. The van der Waals surface area contributed by atoms with Crippen molar-refractivity contribution in [3.8, 4) is 23.0 Å². The first-order valence-corrected chi connectivity index (χ1v) is 15.4. The number of amides is 3. The molecule has 0 aromatic heterocycles. The molecule has 6 rings (SSSR count). The lowest BCUT2D eigenvalue weighted by Crippen LogP contribution is -2.43. The van der Waals surface area contributed by atoms with Crippen LogP contribution in [-0.2, 0) is 14.4 Å². The Bertz CT molecular complexity index is 1610. The average molecular weight is 635 g/mol. The highest BCUT2D eigenvalue weighted by molar-refractivity contribution is 6.14. The maximum absolute atomic E-state index is 13.3. The van der Waals surface area contributed by atoms with Crippen LogP contribution in [0.25, 0.3) is 0 Å². The van der Waals surface area contributed by atoms with Crippen LogP contribution in [0.1, 0.15) is 52.8 Å². The maximum Gasteiger partial charge on any atom is 0.257 e. The van der Waals surface area contributed by atoms with Crippen LogP contribution in [0.15, 0.2) is 24.3 Å². The number of carbonyl (C=O) groups excluding carboxylic acids is 5. The molecule has 2 unspecified atom stereocenters. The molecule has 2 fully saturated rings. The number of ether oxygens (including phenoxy) is 4. The molecular formula is C33H38N4O9. The summed E-state index contributed by atoms with van der Waals surface area (Å²) in [6.07, 6.45) is 2.63. The molecule has 4 heterocycles. The zero-order valence-electron chi connectivity index (χ0n) is 26.5. The molecule has 4 aliphatic heterocycles. The molecule has 13 heteroatoms. The highest BCUT2D eigenvalue weighted by atomic mass is 16.5. The van der Waals surface area contributed by atoms with Crippen LogP contribution >= 0.6 is 0 Å². The van der Waals surface area contributed by atoms with Crippen LogP contribution in [0.2, 0.25) is 0 Å². The molecule has 3 amide bonds. The Labute approximate surface area is 266 Å². The third-order valence-corrected chi connectivity index (χ3v) is 9.12. The Kier molecular flexibility index (Phi) is 8.49. The number of unbranched alkanes of at least 4 members (excludes halogenated alkanes) is 2. The molecule has 4 aliphatic rings. The quantitative estimate of drug-likeness (QED) is 0.359. The molecule has 244 valence electrons. The van der Waals surface area contributed by atoms with Crippen molar-refractivity contribution >= 4 is 40.7 Å². The Balaban J connectivity index is 1.05. The molecule has 2 aromatic carbocycles. The normalized spacial score (nSPS) is 20.7. The first kappa shape index (κ1) is 31.2. The van der Waals surface area contributed by atoms with Gasteiger partial charge in [0.05, 0.1) is 69.1 Å². The molecule has 0 aliphatic carbocycles. The number of anilines is 2. The Hall–Kier alpha value is -4.81. The van der Waals surface area contributed by atoms with E-state index in [1.54, 1.807) is 30.1 Å². The van der Waals surface area contributed by atoms with Crippen molar-refractivity contribution in [2.45, 2.75) is 44.2 Å². The van der Waals surface area contributed by atoms with E-state index in [1.807, 2.05) is 18.0 Å². The van der Waals surface area contributed by atoms with Crippen molar-refractivity contribution < 1.29 is 42.9 Å². The third-order valence-electron chi connectivity index (χ3n) is 9.12. The number of benzene rings is 2. The second kappa shape index (κ2) is 12.5. The highest BCUT2D eigenvalue weighted by Gasteiger charge is 2.45. The number of likely N-dealkylation sites (N-methyl/N-ethyl adjacent to an activating group) is 2. The molecule has 0 saturated carbocycles. The molecule has 13 nitrogen and oxygen atoms in total. The maximum atomic E-state index is 13.3. The first-order valence-electron chi connectivity index (χ1n) is 15.4. The van der Waals surface area contributed by atoms with Crippen molar-refractivity contribution in [3.63, 3.8) is 0 Å². The molecule has 2 saturated heterocycles. The SMILES string of the molecule is COc1cc2c(cc1OCCCCCOc1cc3c(cc1OC)C(=O)N1CC(=O)CC1C(=O)N3C)N(C)CC1CC(=O)CN1C2=O. The van der Waals surface area contributed by atoms with Gasteiger partial charge in [-0.15, -0.1) is 0 Å². The molecule has 0 N–H and O–H groups in total.